The number of ether oxygens (including phenoxy) is 3. The van der Waals surface area contributed by atoms with Crippen LogP contribution in [0.2, 0.25) is 0 Å². The number of esters is 1. The molecule has 1 saturated heterocycles. The lowest BCUT2D eigenvalue weighted by Crippen LogP contribution is -2.46. The van der Waals surface area contributed by atoms with Crippen molar-refractivity contribution in [1.82, 2.24) is 10.2 Å². The number of benzene rings is 1. The molecule has 3 rings (SSSR count). The van der Waals surface area contributed by atoms with Crippen molar-refractivity contribution >= 4 is 17.8 Å². The van der Waals surface area contributed by atoms with Crippen molar-refractivity contribution in [2.45, 2.75) is 38.5 Å². The van der Waals surface area contributed by atoms with E-state index < -0.39 is 18.2 Å². The van der Waals surface area contributed by atoms with Crippen molar-refractivity contribution < 1.29 is 28.6 Å². The molecule has 0 aromatic heterocycles. The second kappa shape index (κ2) is 7.23. The maximum Gasteiger partial charge on any atom is 0.344 e. The largest absolute Gasteiger partial charge is 0.493 e. The predicted octanol–water partition coefficient (Wildman–Crippen LogP) is 1.39. The highest BCUT2D eigenvalue weighted by Crippen LogP contribution is 2.45. The average Bonchev–Trinajstić information content (AvgIpc) is 3.18. The molecule has 0 unspecified atom stereocenters. The van der Waals surface area contributed by atoms with Gasteiger partial charge in [0.15, 0.2) is 11.5 Å². The number of rotatable bonds is 6. The minimum atomic E-state index is -0.940. The van der Waals surface area contributed by atoms with Crippen molar-refractivity contribution in [2.24, 2.45) is 0 Å². The number of likely N-dealkylation sites (tertiary alicyclic amines) is 1. The molecule has 0 bridgehead atoms. The summed E-state index contributed by atoms with van der Waals surface area (Å²) in [5.74, 6) is -0.400. The molecule has 2 aliphatic rings. The van der Waals surface area contributed by atoms with Crippen LogP contribution in [0.1, 0.15) is 48.3 Å². The van der Waals surface area contributed by atoms with Gasteiger partial charge in [-0.25, -0.2) is 4.79 Å². The second-order valence-corrected chi connectivity index (χ2v) is 6.17. The zero-order valence-corrected chi connectivity index (χ0v) is 15.0. The van der Waals surface area contributed by atoms with Crippen LogP contribution in [0, 0.1) is 0 Å². The van der Waals surface area contributed by atoms with E-state index >= 15 is 0 Å². The first-order valence-corrected chi connectivity index (χ1v) is 8.58. The molecule has 1 fully saturated rings. The molecule has 1 aromatic rings. The molecule has 2 atom stereocenters. The molecule has 0 spiro atoms. The summed E-state index contributed by atoms with van der Waals surface area (Å²) in [5, 5.41) is 2.81. The standard InChI is InChI=1S/C18H22N2O6/c1-4-9-19-16(22)11-6-8-13(21)20(11)17-10-5-7-12(24-2)15(25-3)14(10)18(23)26-17/h5,7,11,17H,4,6,8-9H2,1-3H3,(H,19,22)/t11-,17-/m1/s1. The van der Waals surface area contributed by atoms with E-state index in [2.05, 4.69) is 5.32 Å². The molecule has 0 saturated carbocycles. The van der Waals surface area contributed by atoms with Crippen LogP contribution in [-0.2, 0) is 14.3 Å². The van der Waals surface area contributed by atoms with Gasteiger partial charge in [0.25, 0.3) is 0 Å². The monoisotopic (exact) mass is 362 g/mol. The number of hydrogen-bond donors (Lipinski definition) is 1. The zero-order valence-electron chi connectivity index (χ0n) is 15.0. The first-order chi connectivity index (χ1) is 12.5. The third kappa shape index (κ3) is 2.85. The molecule has 8 heteroatoms. The Kier molecular flexibility index (Phi) is 5.01. The van der Waals surface area contributed by atoms with E-state index in [-0.39, 0.29) is 29.5 Å². The van der Waals surface area contributed by atoms with E-state index in [1.807, 2.05) is 6.92 Å². The fraction of sp³-hybridized carbons (Fsp3) is 0.500. The van der Waals surface area contributed by atoms with Crippen molar-refractivity contribution in [3.05, 3.63) is 23.3 Å². The van der Waals surface area contributed by atoms with E-state index in [1.54, 1.807) is 12.1 Å². The lowest BCUT2D eigenvalue weighted by Gasteiger charge is -2.29. The predicted molar refractivity (Wildman–Crippen MR) is 90.9 cm³/mol. The maximum atomic E-state index is 12.4. The summed E-state index contributed by atoms with van der Waals surface area (Å²) >= 11 is 0. The Bertz CT molecular complexity index is 747. The summed E-state index contributed by atoms with van der Waals surface area (Å²) in [6.45, 7) is 2.48. The fourth-order valence-electron chi connectivity index (χ4n) is 3.41. The third-order valence-electron chi connectivity index (χ3n) is 4.63. The van der Waals surface area contributed by atoms with Crippen LogP contribution in [0.15, 0.2) is 12.1 Å². The summed E-state index contributed by atoms with van der Waals surface area (Å²) in [6.07, 6.45) is 0.487. The van der Waals surface area contributed by atoms with Gasteiger partial charge in [-0.3, -0.25) is 14.5 Å². The van der Waals surface area contributed by atoms with E-state index in [4.69, 9.17) is 14.2 Å². The van der Waals surface area contributed by atoms with Gasteiger partial charge in [-0.2, -0.15) is 0 Å². The molecule has 0 aliphatic carbocycles. The second-order valence-electron chi connectivity index (χ2n) is 6.17. The van der Waals surface area contributed by atoms with Crippen molar-refractivity contribution in [2.75, 3.05) is 20.8 Å². The highest BCUT2D eigenvalue weighted by Gasteiger charge is 2.47. The number of amides is 2. The molecule has 2 heterocycles. The molecule has 140 valence electrons. The van der Waals surface area contributed by atoms with Crippen LogP contribution in [0.3, 0.4) is 0 Å². The molecular formula is C18H22N2O6. The Hall–Kier alpha value is -2.77. The number of methoxy groups -OCH3 is 2. The van der Waals surface area contributed by atoms with E-state index in [0.717, 1.165) is 6.42 Å². The SMILES string of the molecule is CCCNC(=O)[C@H]1CCC(=O)N1[C@@H]1OC(=O)c2c1ccc(OC)c2OC. The van der Waals surface area contributed by atoms with Gasteiger partial charge in [0.1, 0.15) is 11.6 Å². The van der Waals surface area contributed by atoms with Gasteiger partial charge in [-0.1, -0.05) is 6.92 Å². The minimum Gasteiger partial charge on any atom is -0.493 e. The Morgan fingerprint density at radius 2 is 2.08 bits per heavy atom. The number of hydrogen-bond acceptors (Lipinski definition) is 6. The lowest BCUT2D eigenvalue weighted by molar-refractivity contribution is -0.145. The Balaban J connectivity index is 1.97. The van der Waals surface area contributed by atoms with Crippen LogP contribution in [0.5, 0.6) is 11.5 Å². The fourth-order valence-corrected chi connectivity index (χ4v) is 3.41. The molecule has 2 aliphatic heterocycles. The lowest BCUT2D eigenvalue weighted by atomic mass is 10.1. The topological polar surface area (TPSA) is 94.2 Å². The maximum absolute atomic E-state index is 12.4. The number of nitrogens with zero attached hydrogens (tertiary/aromatic N) is 1. The number of carbonyl (C=O) groups excluding carboxylic acids is 3. The van der Waals surface area contributed by atoms with Crippen molar-refractivity contribution in [1.29, 1.82) is 0 Å². The minimum absolute atomic E-state index is 0.220. The van der Waals surface area contributed by atoms with Crippen LogP contribution in [-0.4, -0.2) is 49.5 Å². The van der Waals surface area contributed by atoms with Gasteiger partial charge < -0.3 is 19.5 Å². The van der Waals surface area contributed by atoms with Crippen molar-refractivity contribution in [3.63, 3.8) is 0 Å². The number of carbonyl (C=O) groups is 3. The normalized spacial score (nSPS) is 21.4. The van der Waals surface area contributed by atoms with Gasteiger partial charge in [-0.05, 0) is 25.0 Å². The molecule has 26 heavy (non-hydrogen) atoms. The molecular weight excluding hydrogens is 340 g/mol. The molecule has 1 aromatic carbocycles. The summed E-state index contributed by atoms with van der Waals surface area (Å²) in [6, 6.07) is 2.66. The number of nitrogens with one attached hydrogen (secondary N) is 1. The van der Waals surface area contributed by atoms with Gasteiger partial charge in [0.05, 0.1) is 14.2 Å². The van der Waals surface area contributed by atoms with E-state index in [9.17, 15) is 14.4 Å². The first kappa shape index (κ1) is 18.0. The number of fused-ring (bicyclic) bond motifs is 1. The van der Waals surface area contributed by atoms with Gasteiger partial charge in [0.2, 0.25) is 18.0 Å². The Morgan fingerprint density at radius 3 is 2.73 bits per heavy atom. The molecule has 2 amide bonds. The van der Waals surface area contributed by atoms with E-state index in [1.165, 1.54) is 19.1 Å². The Labute approximate surface area is 151 Å². The quantitative estimate of drug-likeness (QED) is 0.769. The van der Waals surface area contributed by atoms with Crippen LogP contribution < -0.4 is 14.8 Å². The van der Waals surface area contributed by atoms with Gasteiger partial charge in [0, 0.05) is 18.5 Å². The smallest absolute Gasteiger partial charge is 0.344 e. The average molecular weight is 362 g/mol. The van der Waals surface area contributed by atoms with Gasteiger partial charge in [-0.15, -0.1) is 0 Å². The highest BCUT2D eigenvalue weighted by atomic mass is 16.6. The third-order valence-corrected chi connectivity index (χ3v) is 4.63. The van der Waals surface area contributed by atoms with Crippen LogP contribution in [0.25, 0.3) is 0 Å². The summed E-state index contributed by atoms with van der Waals surface area (Å²) < 4.78 is 16.0. The molecule has 8 nitrogen and oxygen atoms in total. The zero-order chi connectivity index (χ0) is 18.8. The highest BCUT2D eigenvalue weighted by molar-refractivity contribution is 5.99. The van der Waals surface area contributed by atoms with Crippen LogP contribution in [0.4, 0.5) is 0 Å². The summed E-state index contributed by atoms with van der Waals surface area (Å²) in [4.78, 5) is 38.7. The van der Waals surface area contributed by atoms with Crippen molar-refractivity contribution in [3.8, 4) is 11.5 Å². The number of cyclic esters (lactones) is 1. The molecule has 1 N–H and O–H groups in total. The van der Waals surface area contributed by atoms with E-state index in [0.29, 0.717) is 24.3 Å². The summed E-state index contributed by atoms with van der Waals surface area (Å²) in [7, 11) is 2.90. The Morgan fingerprint density at radius 1 is 1.31 bits per heavy atom. The van der Waals surface area contributed by atoms with Gasteiger partial charge >= 0.3 is 5.97 Å². The summed E-state index contributed by atoms with van der Waals surface area (Å²) in [5.41, 5.74) is 0.723. The molecule has 0 radical (unpaired) electrons. The van der Waals surface area contributed by atoms with Crippen LogP contribution >= 0.6 is 0 Å². The first-order valence-electron chi connectivity index (χ1n) is 8.58.